The van der Waals surface area contributed by atoms with Gasteiger partial charge in [-0.3, -0.25) is 0 Å². The number of aryl methyl sites for hydroxylation is 1. The molecule has 19 heavy (non-hydrogen) atoms. The topological polar surface area (TPSA) is 28.7 Å². The molecule has 4 rings (SSSR count). The van der Waals surface area contributed by atoms with E-state index in [1.54, 1.807) is 0 Å². The van der Waals surface area contributed by atoms with Crippen LogP contribution in [0.3, 0.4) is 0 Å². The Labute approximate surface area is 112 Å². The second-order valence-corrected chi connectivity index (χ2v) is 5.50. The molecular weight excluding hydrogens is 232 g/mol. The van der Waals surface area contributed by atoms with E-state index in [2.05, 4.69) is 60.4 Å². The lowest BCUT2D eigenvalue weighted by atomic mass is 10.1. The van der Waals surface area contributed by atoms with Gasteiger partial charge < -0.3 is 4.98 Å². The molecule has 1 aliphatic rings. The van der Waals surface area contributed by atoms with Crippen LogP contribution in [0.15, 0.2) is 48.5 Å². The molecule has 2 heteroatoms. The molecule has 1 aliphatic carbocycles. The molecule has 1 aromatic heterocycles. The predicted molar refractivity (Wildman–Crippen MR) is 77.4 cm³/mol. The van der Waals surface area contributed by atoms with E-state index >= 15 is 0 Å². The second-order valence-electron chi connectivity index (χ2n) is 5.50. The average molecular weight is 248 g/mol. The van der Waals surface area contributed by atoms with Crippen LogP contribution in [0.2, 0.25) is 0 Å². The molecule has 1 saturated carbocycles. The first-order valence-electron chi connectivity index (χ1n) is 6.82. The van der Waals surface area contributed by atoms with Crippen molar-refractivity contribution in [3.63, 3.8) is 0 Å². The molecule has 0 radical (unpaired) electrons. The van der Waals surface area contributed by atoms with Crippen LogP contribution in [0.5, 0.6) is 0 Å². The first-order valence-corrected chi connectivity index (χ1v) is 6.82. The Hall–Kier alpha value is -2.09. The summed E-state index contributed by atoms with van der Waals surface area (Å²) in [5.41, 5.74) is 4.95. The lowest BCUT2D eigenvalue weighted by Gasteiger charge is -1.97. The van der Waals surface area contributed by atoms with Gasteiger partial charge in [0.05, 0.1) is 11.0 Å². The summed E-state index contributed by atoms with van der Waals surface area (Å²) in [5.74, 6) is 2.35. The van der Waals surface area contributed by atoms with Crippen molar-refractivity contribution in [1.82, 2.24) is 9.97 Å². The van der Waals surface area contributed by atoms with Gasteiger partial charge in [0, 0.05) is 5.92 Å². The van der Waals surface area contributed by atoms with Crippen LogP contribution >= 0.6 is 0 Å². The minimum absolute atomic E-state index is 0.565. The van der Waals surface area contributed by atoms with E-state index in [9.17, 15) is 0 Å². The summed E-state index contributed by atoms with van der Waals surface area (Å²) in [6, 6.07) is 17.1. The largest absolute Gasteiger partial charge is 0.342 e. The maximum atomic E-state index is 4.74. The number of aromatic amines is 1. The number of hydrogen-bond acceptors (Lipinski definition) is 1. The predicted octanol–water partition coefficient (Wildman–Crippen LogP) is 4.14. The fourth-order valence-electron chi connectivity index (χ4n) is 2.88. The third-order valence-corrected chi connectivity index (χ3v) is 4.03. The van der Waals surface area contributed by atoms with Crippen molar-refractivity contribution in [2.45, 2.75) is 25.2 Å². The lowest BCUT2D eigenvalue weighted by molar-refractivity contribution is 0.938. The van der Waals surface area contributed by atoms with Crippen LogP contribution in [0, 0.1) is 6.92 Å². The van der Waals surface area contributed by atoms with Gasteiger partial charge in [-0.05, 0) is 42.5 Å². The molecule has 1 fully saturated rings. The number of benzene rings is 2. The van der Waals surface area contributed by atoms with Gasteiger partial charge in [0.15, 0.2) is 0 Å². The van der Waals surface area contributed by atoms with Crippen molar-refractivity contribution in [3.8, 4) is 0 Å². The van der Waals surface area contributed by atoms with E-state index in [0.29, 0.717) is 11.8 Å². The van der Waals surface area contributed by atoms with Gasteiger partial charge in [0.2, 0.25) is 0 Å². The minimum atomic E-state index is 0.565. The number of nitrogens with one attached hydrogen (secondary N) is 1. The van der Waals surface area contributed by atoms with Gasteiger partial charge in [-0.15, -0.1) is 0 Å². The molecular formula is C17H16N2. The van der Waals surface area contributed by atoms with Gasteiger partial charge in [-0.25, -0.2) is 4.98 Å². The Kier molecular flexibility index (Phi) is 2.25. The van der Waals surface area contributed by atoms with Crippen LogP contribution in [0.4, 0.5) is 0 Å². The fourth-order valence-corrected chi connectivity index (χ4v) is 2.88. The van der Waals surface area contributed by atoms with E-state index < -0.39 is 0 Å². The zero-order chi connectivity index (χ0) is 12.8. The average Bonchev–Trinajstić information content (AvgIpc) is 3.13. The first-order chi connectivity index (χ1) is 9.31. The Balaban J connectivity index is 1.66. The number of hydrogen-bond donors (Lipinski definition) is 1. The van der Waals surface area contributed by atoms with Gasteiger partial charge >= 0.3 is 0 Å². The molecule has 2 nitrogen and oxygen atoms in total. The summed E-state index contributed by atoms with van der Waals surface area (Å²) in [6.07, 6.45) is 1.21. The monoisotopic (exact) mass is 248 g/mol. The summed E-state index contributed by atoms with van der Waals surface area (Å²) < 4.78 is 0. The molecule has 0 amide bonds. The number of nitrogens with zero attached hydrogens (tertiary/aromatic N) is 1. The van der Waals surface area contributed by atoms with E-state index in [-0.39, 0.29) is 0 Å². The molecule has 2 unspecified atom stereocenters. The van der Waals surface area contributed by atoms with Crippen molar-refractivity contribution in [1.29, 1.82) is 0 Å². The summed E-state index contributed by atoms with van der Waals surface area (Å²) in [7, 11) is 0. The van der Waals surface area contributed by atoms with Gasteiger partial charge in [-0.2, -0.15) is 0 Å². The molecule has 1 heterocycles. The molecule has 0 spiro atoms. The first kappa shape index (κ1) is 10.8. The Morgan fingerprint density at radius 2 is 1.89 bits per heavy atom. The van der Waals surface area contributed by atoms with Crippen molar-refractivity contribution in [3.05, 3.63) is 65.5 Å². The van der Waals surface area contributed by atoms with Crippen LogP contribution in [-0.4, -0.2) is 9.97 Å². The standard InChI is InChI=1S/C17H16N2/c1-11-7-8-15-16(9-11)19-17(18-15)14-10-13(14)12-5-3-2-4-6-12/h2-9,13-14H,10H2,1H3,(H,18,19). The van der Waals surface area contributed by atoms with Crippen LogP contribution in [0.25, 0.3) is 11.0 Å². The number of H-pyrrole nitrogens is 1. The summed E-state index contributed by atoms with van der Waals surface area (Å²) in [6.45, 7) is 2.11. The van der Waals surface area contributed by atoms with Crippen molar-refractivity contribution in [2.24, 2.45) is 0 Å². The minimum Gasteiger partial charge on any atom is -0.342 e. The molecule has 0 aliphatic heterocycles. The van der Waals surface area contributed by atoms with Gasteiger partial charge in [0.25, 0.3) is 0 Å². The fraction of sp³-hybridized carbons (Fsp3) is 0.235. The zero-order valence-electron chi connectivity index (χ0n) is 10.9. The highest BCUT2D eigenvalue weighted by Crippen LogP contribution is 2.53. The van der Waals surface area contributed by atoms with Crippen LogP contribution < -0.4 is 0 Å². The molecule has 2 aromatic carbocycles. The summed E-state index contributed by atoms with van der Waals surface area (Å²) in [5, 5.41) is 0. The highest BCUT2D eigenvalue weighted by Gasteiger charge is 2.41. The maximum absolute atomic E-state index is 4.74. The van der Waals surface area contributed by atoms with E-state index in [4.69, 9.17) is 4.98 Å². The maximum Gasteiger partial charge on any atom is 0.110 e. The Bertz CT molecular complexity index is 727. The summed E-state index contributed by atoms with van der Waals surface area (Å²) >= 11 is 0. The zero-order valence-corrected chi connectivity index (χ0v) is 10.9. The van der Waals surface area contributed by atoms with E-state index in [1.807, 2.05) is 0 Å². The van der Waals surface area contributed by atoms with E-state index in [0.717, 1.165) is 16.9 Å². The molecule has 3 aromatic rings. The SMILES string of the molecule is Cc1ccc2nc(C3CC3c3ccccc3)[nH]c2c1. The highest BCUT2D eigenvalue weighted by molar-refractivity contribution is 5.76. The molecule has 0 saturated heterocycles. The number of imidazole rings is 1. The van der Waals surface area contributed by atoms with Crippen LogP contribution in [0.1, 0.15) is 35.2 Å². The second kappa shape index (κ2) is 3.95. The smallest absolute Gasteiger partial charge is 0.110 e. The third kappa shape index (κ3) is 1.84. The summed E-state index contributed by atoms with van der Waals surface area (Å²) in [4.78, 5) is 8.22. The molecule has 1 N–H and O–H groups in total. The van der Waals surface area contributed by atoms with Crippen LogP contribution in [-0.2, 0) is 0 Å². The van der Waals surface area contributed by atoms with Crippen molar-refractivity contribution in [2.75, 3.05) is 0 Å². The van der Waals surface area contributed by atoms with Crippen molar-refractivity contribution >= 4 is 11.0 Å². The van der Waals surface area contributed by atoms with Gasteiger partial charge in [0.1, 0.15) is 5.82 Å². The third-order valence-electron chi connectivity index (χ3n) is 4.03. The number of rotatable bonds is 2. The van der Waals surface area contributed by atoms with E-state index in [1.165, 1.54) is 17.5 Å². The van der Waals surface area contributed by atoms with Gasteiger partial charge in [-0.1, -0.05) is 36.4 Å². The normalized spacial score (nSPS) is 21.7. The Morgan fingerprint density at radius 3 is 2.74 bits per heavy atom. The molecule has 0 bridgehead atoms. The quantitative estimate of drug-likeness (QED) is 0.725. The number of aromatic nitrogens is 2. The van der Waals surface area contributed by atoms with Crippen molar-refractivity contribution < 1.29 is 0 Å². The number of fused-ring (bicyclic) bond motifs is 1. The molecule has 2 atom stereocenters. The Morgan fingerprint density at radius 1 is 1.05 bits per heavy atom. The highest BCUT2D eigenvalue weighted by atomic mass is 14.9. The molecule has 94 valence electrons. The lowest BCUT2D eigenvalue weighted by Crippen LogP contribution is -1.86.